The molecule has 0 aliphatic carbocycles. The molecule has 0 aliphatic rings. The summed E-state index contributed by atoms with van der Waals surface area (Å²) in [6.45, 7) is 4.59. The number of carbonyl (C=O) groups is 1. The quantitative estimate of drug-likeness (QED) is 0.652. The molecule has 0 radical (unpaired) electrons. The minimum absolute atomic E-state index is 0.257. The third-order valence-corrected chi connectivity index (χ3v) is 4.51. The summed E-state index contributed by atoms with van der Waals surface area (Å²) in [7, 11) is 1.66. The Morgan fingerprint density at radius 2 is 1.79 bits per heavy atom. The van der Waals surface area contributed by atoms with Gasteiger partial charge in [0.15, 0.2) is 0 Å². The van der Waals surface area contributed by atoms with Crippen LogP contribution in [0.3, 0.4) is 0 Å². The van der Waals surface area contributed by atoms with Gasteiger partial charge in [-0.15, -0.1) is 0 Å². The number of amides is 1. The third kappa shape index (κ3) is 4.65. The molecule has 0 saturated heterocycles. The number of anilines is 2. The summed E-state index contributed by atoms with van der Waals surface area (Å²) in [5.74, 6) is 1.21. The number of nitrogens with zero attached hydrogens (tertiary/aromatic N) is 2. The lowest BCUT2D eigenvalue weighted by Gasteiger charge is -2.12. The minimum Gasteiger partial charge on any atom is -0.496 e. The van der Waals surface area contributed by atoms with Crippen LogP contribution in [0.2, 0.25) is 0 Å². The van der Waals surface area contributed by atoms with Gasteiger partial charge in [-0.2, -0.15) is 0 Å². The van der Waals surface area contributed by atoms with Gasteiger partial charge in [-0.05, 0) is 43.0 Å². The summed E-state index contributed by atoms with van der Waals surface area (Å²) in [5.41, 5.74) is 4.27. The summed E-state index contributed by atoms with van der Waals surface area (Å²) in [6.07, 6.45) is 2.17. The fraction of sp³-hybridized carbons (Fsp3) is 0.227. The first-order valence-electron chi connectivity index (χ1n) is 9.14. The van der Waals surface area contributed by atoms with Crippen LogP contribution in [0.4, 0.5) is 11.5 Å². The molecular formula is C22H24N4O2. The highest BCUT2D eigenvalue weighted by molar-refractivity contribution is 6.04. The number of ether oxygens (including phenoxy) is 1. The Balaban J connectivity index is 1.64. The second-order valence-corrected chi connectivity index (χ2v) is 6.50. The highest BCUT2D eigenvalue weighted by Gasteiger charge is 2.12. The first kappa shape index (κ1) is 19.4. The smallest absolute Gasteiger partial charge is 0.274 e. The number of nitrogens with one attached hydrogen (secondary N) is 2. The van der Waals surface area contributed by atoms with Gasteiger partial charge in [0.2, 0.25) is 0 Å². The second kappa shape index (κ2) is 8.99. The lowest BCUT2D eigenvalue weighted by atomic mass is 10.1. The lowest BCUT2D eigenvalue weighted by Crippen LogP contribution is -2.16. The molecule has 2 N–H and O–H groups in total. The minimum atomic E-state index is -0.257. The average molecular weight is 376 g/mol. The van der Waals surface area contributed by atoms with Crippen LogP contribution >= 0.6 is 0 Å². The van der Waals surface area contributed by atoms with Crippen LogP contribution in [-0.2, 0) is 6.42 Å². The van der Waals surface area contributed by atoms with Crippen molar-refractivity contribution in [2.45, 2.75) is 20.3 Å². The van der Waals surface area contributed by atoms with E-state index in [1.165, 1.54) is 6.33 Å². The Kier molecular flexibility index (Phi) is 6.22. The van der Waals surface area contributed by atoms with Crippen molar-refractivity contribution < 1.29 is 9.53 Å². The molecule has 28 heavy (non-hydrogen) atoms. The predicted molar refractivity (Wildman–Crippen MR) is 111 cm³/mol. The number of para-hydroxylation sites is 2. The van der Waals surface area contributed by atoms with E-state index in [4.69, 9.17) is 4.74 Å². The van der Waals surface area contributed by atoms with Gasteiger partial charge in [-0.1, -0.05) is 36.4 Å². The average Bonchev–Trinajstić information content (AvgIpc) is 2.71. The zero-order valence-electron chi connectivity index (χ0n) is 16.3. The summed E-state index contributed by atoms with van der Waals surface area (Å²) < 4.78 is 5.37. The summed E-state index contributed by atoms with van der Waals surface area (Å²) >= 11 is 0. The number of aryl methyl sites for hydroxylation is 2. The molecule has 1 heterocycles. The molecule has 0 aliphatic heterocycles. The van der Waals surface area contributed by atoms with E-state index in [2.05, 4.69) is 20.6 Å². The van der Waals surface area contributed by atoms with Crippen LogP contribution in [0.15, 0.2) is 54.9 Å². The van der Waals surface area contributed by atoms with Crippen molar-refractivity contribution >= 4 is 17.4 Å². The number of benzene rings is 2. The SMILES string of the molecule is COc1ccccc1CCNc1cc(C(=O)Nc2c(C)cccc2C)ncn1. The van der Waals surface area contributed by atoms with Crippen molar-refractivity contribution in [2.24, 2.45) is 0 Å². The Morgan fingerprint density at radius 3 is 2.54 bits per heavy atom. The summed E-state index contributed by atoms with van der Waals surface area (Å²) in [6, 6.07) is 15.5. The maximum atomic E-state index is 12.6. The summed E-state index contributed by atoms with van der Waals surface area (Å²) in [5, 5.41) is 6.19. The first-order valence-corrected chi connectivity index (χ1v) is 9.14. The van der Waals surface area contributed by atoms with E-state index in [1.807, 2.05) is 56.3 Å². The Bertz CT molecular complexity index is 952. The van der Waals surface area contributed by atoms with Gasteiger partial charge >= 0.3 is 0 Å². The van der Waals surface area contributed by atoms with Crippen molar-refractivity contribution in [2.75, 3.05) is 24.3 Å². The van der Waals surface area contributed by atoms with E-state index in [9.17, 15) is 4.79 Å². The van der Waals surface area contributed by atoms with Crippen molar-refractivity contribution in [3.05, 3.63) is 77.2 Å². The molecule has 6 nitrogen and oxygen atoms in total. The highest BCUT2D eigenvalue weighted by Crippen LogP contribution is 2.20. The molecule has 1 amide bonds. The maximum absolute atomic E-state index is 12.6. The van der Waals surface area contributed by atoms with Crippen molar-refractivity contribution in [1.82, 2.24) is 9.97 Å². The fourth-order valence-corrected chi connectivity index (χ4v) is 3.00. The molecule has 3 rings (SSSR count). The number of carbonyl (C=O) groups excluding carboxylic acids is 1. The molecule has 6 heteroatoms. The number of aromatic nitrogens is 2. The van der Waals surface area contributed by atoms with Gasteiger partial charge in [-0.3, -0.25) is 4.79 Å². The van der Waals surface area contributed by atoms with Crippen LogP contribution in [0.25, 0.3) is 0 Å². The van der Waals surface area contributed by atoms with Gasteiger partial charge in [-0.25, -0.2) is 9.97 Å². The molecule has 0 spiro atoms. The Labute approximate surface area is 165 Å². The van der Waals surface area contributed by atoms with Crippen LogP contribution in [0.1, 0.15) is 27.2 Å². The van der Waals surface area contributed by atoms with Gasteiger partial charge in [0, 0.05) is 18.3 Å². The zero-order valence-corrected chi connectivity index (χ0v) is 16.3. The molecule has 0 fully saturated rings. The van der Waals surface area contributed by atoms with E-state index >= 15 is 0 Å². The number of hydrogen-bond acceptors (Lipinski definition) is 5. The normalized spacial score (nSPS) is 10.4. The monoisotopic (exact) mass is 376 g/mol. The van der Waals surface area contributed by atoms with Crippen LogP contribution in [-0.4, -0.2) is 29.5 Å². The Hall–Kier alpha value is -3.41. The first-order chi connectivity index (χ1) is 13.6. The highest BCUT2D eigenvalue weighted by atomic mass is 16.5. The van der Waals surface area contributed by atoms with Crippen molar-refractivity contribution in [3.8, 4) is 5.75 Å². The molecule has 0 saturated carbocycles. The molecular weight excluding hydrogens is 352 g/mol. The maximum Gasteiger partial charge on any atom is 0.274 e. The second-order valence-electron chi connectivity index (χ2n) is 6.50. The number of hydrogen-bond donors (Lipinski definition) is 2. The molecule has 144 valence electrons. The van der Waals surface area contributed by atoms with Crippen LogP contribution in [0, 0.1) is 13.8 Å². The number of methoxy groups -OCH3 is 1. The number of rotatable bonds is 7. The molecule has 1 aromatic heterocycles. The summed E-state index contributed by atoms with van der Waals surface area (Å²) in [4.78, 5) is 20.9. The van der Waals surface area contributed by atoms with E-state index in [1.54, 1.807) is 13.2 Å². The van der Waals surface area contributed by atoms with Crippen molar-refractivity contribution in [3.63, 3.8) is 0 Å². The molecule has 0 bridgehead atoms. The van der Waals surface area contributed by atoms with E-state index in [0.29, 0.717) is 18.1 Å². The molecule has 0 atom stereocenters. The van der Waals surface area contributed by atoms with E-state index in [-0.39, 0.29) is 5.91 Å². The Morgan fingerprint density at radius 1 is 1.04 bits per heavy atom. The zero-order chi connectivity index (χ0) is 19.9. The predicted octanol–water partition coefficient (Wildman–Crippen LogP) is 4.01. The largest absolute Gasteiger partial charge is 0.496 e. The van der Waals surface area contributed by atoms with E-state index in [0.717, 1.165) is 34.5 Å². The van der Waals surface area contributed by atoms with Crippen LogP contribution < -0.4 is 15.4 Å². The van der Waals surface area contributed by atoms with Gasteiger partial charge < -0.3 is 15.4 Å². The third-order valence-electron chi connectivity index (χ3n) is 4.51. The van der Waals surface area contributed by atoms with Gasteiger partial charge in [0.05, 0.1) is 7.11 Å². The van der Waals surface area contributed by atoms with E-state index < -0.39 is 0 Å². The lowest BCUT2D eigenvalue weighted by molar-refractivity contribution is 0.102. The van der Waals surface area contributed by atoms with Crippen LogP contribution in [0.5, 0.6) is 5.75 Å². The topological polar surface area (TPSA) is 76.1 Å². The molecule has 2 aromatic carbocycles. The fourth-order valence-electron chi connectivity index (χ4n) is 3.00. The molecule has 3 aromatic rings. The van der Waals surface area contributed by atoms with Gasteiger partial charge in [0.25, 0.3) is 5.91 Å². The molecule has 0 unspecified atom stereocenters. The standard InChI is InChI=1S/C22H24N4O2/c1-15-7-6-8-16(2)21(15)26-22(27)18-13-20(25-14-24-18)23-12-11-17-9-4-5-10-19(17)28-3/h4-10,13-14H,11-12H2,1-3H3,(H,26,27)(H,23,24,25). The van der Waals surface area contributed by atoms with Gasteiger partial charge in [0.1, 0.15) is 23.6 Å². The van der Waals surface area contributed by atoms with Crippen molar-refractivity contribution in [1.29, 1.82) is 0 Å².